The molecule has 6 nitrogen and oxygen atoms in total. The van der Waals surface area contributed by atoms with Gasteiger partial charge in [-0.25, -0.2) is 4.79 Å². The van der Waals surface area contributed by atoms with Crippen molar-refractivity contribution in [3.8, 4) is 0 Å². The van der Waals surface area contributed by atoms with Gasteiger partial charge in [-0.15, -0.1) is 0 Å². The molecule has 0 heterocycles. The van der Waals surface area contributed by atoms with Crippen LogP contribution in [0.25, 0.3) is 0 Å². The summed E-state index contributed by atoms with van der Waals surface area (Å²) in [5.74, 6) is -0.0665. The summed E-state index contributed by atoms with van der Waals surface area (Å²) in [5.41, 5.74) is 0.612. The van der Waals surface area contributed by atoms with Gasteiger partial charge in [0.05, 0.1) is 12.7 Å². The first-order valence-electron chi connectivity index (χ1n) is 12.1. The van der Waals surface area contributed by atoms with E-state index in [0.29, 0.717) is 39.2 Å². The Morgan fingerprint density at radius 1 is 1.06 bits per heavy atom. The number of carbonyl (C=O) groups is 1. The fraction of sp³-hybridized carbons (Fsp3) is 0.731. The Morgan fingerprint density at radius 2 is 1.70 bits per heavy atom. The number of hydrogen-bond acceptors (Lipinski definition) is 5. The van der Waals surface area contributed by atoms with Crippen LogP contribution >= 0.6 is 0 Å². The third kappa shape index (κ3) is 12.6. The minimum Gasteiger partial charge on any atom is -0.444 e. The van der Waals surface area contributed by atoms with Crippen molar-refractivity contribution in [2.24, 2.45) is 5.92 Å². The minimum atomic E-state index is -1.94. The van der Waals surface area contributed by atoms with Gasteiger partial charge in [0.25, 0.3) is 0 Å². The number of amides is 1. The first-order valence-corrected chi connectivity index (χ1v) is 15.0. The van der Waals surface area contributed by atoms with Gasteiger partial charge in [0.15, 0.2) is 8.32 Å². The van der Waals surface area contributed by atoms with Gasteiger partial charge in [-0.05, 0) is 63.7 Å². The molecule has 0 fully saturated rings. The van der Waals surface area contributed by atoms with Crippen LogP contribution in [0.15, 0.2) is 30.3 Å². The summed E-state index contributed by atoms with van der Waals surface area (Å²) in [7, 11) is -1.94. The Bertz CT molecular complexity index is 682. The van der Waals surface area contributed by atoms with Gasteiger partial charge < -0.3 is 24.3 Å². The summed E-state index contributed by atoms with van der Waals surface area (Å²) in [5, 5.41) is 13.8. The highest BCUT2D eigenvalue weighted by Crippen LogP contribution is 2.37. The summed E-state index contributed by atoms with van der Waals surface area (Å²) in [6.45, 7) is 18.7. The molecule has 0 spiro atoms. The molecule has 0 aliphatic rings. The van der Waals surface area contributed by atoms with Crippen LogP contribution in [0.2, 0.25) is 18.1 Å². The van der Waals surface area contributed by atoms with Crippen LogP contribution in [0.1, 0.15) is 66.4 Å². The van der Waals surface area contributed by atoms with Crippen LogP contribution in [-0.2, 0) is 20.5 Å². The van der Waals surface area contributed by atoms with E-state index in [0.717, 1.165) is 12.0 Å². The minimum absolute atomic E-state index is 0.0665. The largest absolute Gasteiger partial charge is 0.444 e. The molecular weight excluding hydrogens is 434 g/mol. The van der Waals surface area contributed by atoms with Crippen molar-refractivity contribution in [1.29, 1.82) is 0 Å². The molecule has 0 radical (unpaired) electrons. The maximum Gasteiger partial charge on any atom is 0.407 e. The summed E-state index contributed by atoms with van der Waals surface area (Å²) >= 11 is 0. The molecule has 1 amide bonds. The van der Waals surface area contributed by atoms with Gasteiger partial charge in [-0.1, -0.05) is 51.1 Å². The summed E-state index contributed by atoms with van der Waals surface area (Å²) < 4.78 is 17.5. The van der Waals surface area contributed by atoms with E-state index in [9.17, 15) is 9.90 Å². The Balaban J connectivity index is 2.55. The molecule has 0 aliphatic heterocycles. The molecule has 2 N–H and O–H groups in total. The molecule has 7 heteroatoms. The molecule has 0 unspecified atom stereocenters. The Hall–Kier alpha value is -1.41. The molecule has 1 aromatic carbocycles. The summed E-state index contributed by atoms with van der Waals surface area (Å²) in [6, 6.07) is 10.1. The van der Waals surface area contributed by atoms with E-state index >= 15 is 0 Å². The maximum atomic E-state index is 12.0. The second kappa shape index (κ2) is 13.5. The van der Waals surface area contributed by atoms with Crippen molar-refractivity contribution in [2.75, 3.05) is 19.8 Å². The Labute approximate surface area is 202 Å². The zero-order chi connectivity index (χ0) is 25.1. The van der Waals surface area contributed by atoms with Crippen molar-refractivity contribution in [1.82, 2.24) is 5.32 Å². The molecule has 190 valence electrons. The molecule has 0 bridgehead atoms. The molecule has 33 heavy (non-hydrogen) atoms. The number of alkyl carbamates (subject to hydrolysis) is 1. The SMILES string of the molecule is CC(C)(C)OC(=O)NCC[C@@H](CO[Si](C)(C)C(C)(C)C)[C@@H](O)CCCOCc1ccccc1. The van der Waals surface area contributed by atoms with E-state index in [2.05, 4.69) is 39.2 Å². The van der Waals surface area contributed by atoms with E-state index in [1.807, 2.05) is 51.1 Å². The van der Waals surface area contributed by atoms with Gasteiger partial charge in [0, 0.05) is 25.7 Å². The molecule has 0 aliphatic carbocycles. The van der Waals surface area contributed by atoms with E-state index in [-0.39, 0.29) is 11.0 Å². The van der Waals surface area contributed by atoms with Crippen molar-refractivity contribution in [3.05, 3.63) is 35.9 Å². The molecule has 0 saturated heterocycles. The van der Waals surface area contributed by atoms with E-state index < -0.39 is 26.1 Å². The maximum absolute atomic E-state index is 12.0. The normalized spacial score (nSPS) is 14.6. The lowest BCUT2D eigenvalue weighted by Gasteiger charge is -2.38. The number of hydrogen-bond donors (Lipinski definition) is 2. The topological polar surface area (TPSA) is 77.0 Å². The highest BCUT2D eigenvalue weighted by Gasteiger charge is 2.38. The summed E-state index contributed by atoms with van der Waals surface area (Å²) in [6.07, 6.45) is 1.07. The van der Waals surface area contributed by atoms with Crippen molar-refractivity contribution < 1.29 is 23.8 Å². The molecule has 1 rings (SSSR count). The van der Waals surface area contributed by atoms with Gasteiger partial charge >= 0.3 is 6.09 Å². The lowest BCUT2D eigenvalue weighted by Crippen LogP contribution is -2.43. The molecular formula is C26H47NO5Si. The van der Waals surface area contributed by atoms with Gasteiger partial charge in [-0.3, -0.25) is 0 Å². The van der Waals surface area contributed by atoms with E-state index in [1.165, 1.54) is 0 Å². The second-order valence-corrected chi connectivity index (χ2v) is 16.1. The smallest absolute Gasteiger partial charge is 0.407 e. The highest BCUT2D eigenvalue weighted by molar-refractivity contribution is 6.74. The van der Waals surface area contributed by atoms with Crippen LogP contribution in [0.3, 0.4) is 0 Å². The highest BCUT2D eigenvalue weighted by atomic mass is 28.4. The predicted molar refractivity (Wildman–Crippen MR) is 137 cm³/mol. The van der Waals surface area contributed by atoms with Crippen LogP contribution in [0.5, 0.6) is 0 Å². The number of carbonyl (C=O) groups excluding carboxylic acids is 1. The van der Waals surface area contributed by atoms with Crippen molar-refractivity contribution in [2.45, 2.75) is 97.2 Å². The molecule has 0 aromatic heterocycles. The van der Waals surface area contributed by atoms with Gasteiger partial charge in [-0.2, -0.15) is 0 Å². The quantitative estimate of drug-likeness (QED) is 0.271. The van der Waals surface area contributed by atoms with Crippen LogP contribution < -0.4 is 5.32 Å². The lowest BCUT2D eigenvalue weighted by molar-refractivity contribution is 0.0402. The van der Waals surface area contributed by atoms with E-state index in [1.54, 1.807) is 0 Å². The van der Waals surface area contributed by atoms with Crippen LogP contribution in [0, 0.1) is 5.92 Å². The molecule has 1 aromatic rings. The molecule has 2 atom stereocenters. The third-order valence-electron chi connectivity index (χ3n) is 6.09. The number of benzene rings is 1. The first-order chi connectivity index (χ1) is 15.2. The number of ether oxygens (including phenoxy) is 2. The fourth-order valence-corrected chi connectivity index (χ4v) is 4.05. The van der Waals surface area contributed by atoms with Crippen LogP contribution in [0.4, 0.5) is 4.79 Å². The Morgan fingerprint density at radius 3 is 2.27 bits per heavy atom. The third-order valence-corrected chi connectivity index (χ3v) is 10.6. The number of aliphatic hydroxyl groups is 1. The number of rotatable bonds is 13. The average molecular weight is 482 g/mol. The number of nitrogens with one attached hydrogen (secondary N) is 1. The number of aliphatic hydroxyl groups excluding tert-OH is 1. The van der Waals surface area contributed by atoms with Gasteiger partial charge in [0.1, 0.15) is 5.60 Å². The van der Waals surface area contributed by atoms with Crippen LogP contribution in [-0.4, -0.2) is 51.0 Å². The average Bonchev–Trinajstić information content (AvgIpc) is 2.68. The Kier molecular flexibility index (Phi) is 12.1. The van der Waals surface area contributed by atoms with Crippen molar-refractivity contribution in [3.63, 3.8) is 0 Å². The van der Waals surface area contributed by atoms with Gasteiger partial charge in [0.2, 0.25) is 0 Å². The predicted octanol–water partition coefficient (Wildman–Crippen LogP) is 5.90. The standard InChI is InChI=1S/C26H47NO5Si/c1-25(2,3)32-24(29)27-17-16-22(20-31-33(7,8)26(4,5)6)23(28)15-12-18-30-19-21-13-10-9-11-14-21/h9-11,13-14,22-23,28H,12,15-20H2,1-8H3,(H,27,29)/t22-,23-/m0/s1. The monoisotopic (exact) mass is 481 g/mol. The molecule has 0 saturated carbocycles. The first kappa shape index (κ1) is 29.6. The second-order valence-electron chi connectivity index (χ2n) is 11.3. The van der Waals surface area contributed by atoms with E-state index in [4.69, 9.17) is 13.9 Å². The zero-order valence-corrected chi connectivity index (χ0v) is 23.1. The summed E-state index contributed by atoms with van der Waals surface area (Å²) in [4.78, 5) is 12.0. The van der Waals surface area contributed by atoms with Crippen molar-refractivity contribution >= 4 is 14.4 Å². The fourth-order valence-electron chi connectivity index (χ4n) is 2.99. The lowest BCUT2D eigenvalue weighted by atomic mass is 9.96. The zero-order valence-electron chi connectivity index (χ0n) is 22.1.